The molecular formula is C11H20N2. The van der Waals surface area contributed by atoms with Gasteiger partial charge in [0.15, 0.2) is 0 Å². The zero-order valence-electron chi connectivity index (χ0n) is 8.55. The van der Waals surface area contributed by atoms with Gasteiger partial charge in [0.1, 0.15) is 0 Å². The first-order chi connectivity index (χ1) is 6.29. The van der Waals surface area contributed by atoms with Gasteiger partial charge in [-0.15, -0.1) is 0 Å². The average molecular weight is 180 g/mol. The maximum atomic E-state index is 7.83. The molecule has 1 saturated heterocycles. The second-order valence-corrected chi connectivity index (χ2v) is 4.53. The van der Waals surface area contributed by atoms with E-state index in [2.05, 4.69) is 11.8 Å². The summed E-state index contributed by atoms with van der Waals surface area (Å²) in [4.78, 5) is 2.33. The van der Waals surface area contributed by atoms with Crippen molar-refractivity contribution in [3.8, 4) is 0 Å². The Kier molecular flexibility index (Phi) is 2.56. The van der Waals surface area contributed by atoms with Crippen LogP contribution in [0.5, 0.6) is 0 Å². The van der Waals surface area contributed by atoms with Crippen LogP contribution in [0.15, 0.2) is 0 Å². The first-order valence-electron chi connectivity index (χ1n) is 5.63. The quantitative estimate of drug-likeness (QED) is 0.695. The molecule has 13 heavy (non-hydrogen) atoms. The summed E-state index contributed by atoms with van der Waals surface area (Å²) in [6.07, 6.45) is 7.83. The second kappa shape index (κ2) is 3.69. The predicted molar refractivity (Wildman–Crippen MR) is 55.1 cm³/mol. The van der Waals surface area contributed by atoms with Gasteiger partial charge in [-0.2, -0.15) is 0 Å². The Morgan fingerprint density at radius 2 is 2.00 bits per heavy atom. The Labute approximate surface area is 80.8 Å². The molecule has 2 fully saturated rings. The van der Waals surface area contributed by atoms with Gasteiger partial charge >= 0.3 is 0 Å². The van der Waals surface area contributed by atoms with Crippen molar-refractivity contribution in [3.63, 3.8) is 0 Å². The van der Waals surface area contributed by atoms with Crippen LogP contribution in [0, 0.1) is 11.3 Å². The molecule has 1 saturated carbocycles. The first kappa shape index (κ1) is 9.04. The van der Waals surface area contributed by atoms with Gasteiger partial charge in [0.05, 0.1) is 5.84 Å². The third-order valence-corrected chi connectivity index (χ3v) is 3.73. The average Bonchev–Trinajstić information content (AvgIpc) is 2.72. The number of hydrogen-bond acceptors (Lipinski definition) is 1. The van der Waals surface area contributed by atoms with Crippen LogP contribution in [0.25, 0.3) is 0 Å². The fraction of sp³-hybridized carbons (Fsp3) is 0.909. The molecule has 0 amide bonds. The van der Waals surface area contributed by atoms with Crippen LogP contribution in [0.4, 0.5) is 0 Å². The van der Waals surface area contributed by atoms with Crippen molar-refractivity contribution in [2.75, 3.05) is 6.54 Å². The molecule has 0 radical (unpaired) electrons. The summed E-state index contributed by atoms with van der Waals surface area (Å²) in [6.45, 7) is 3.45. The number of likely N-dealkylation sites (tertiary alicyclic amines) is 1. The molecule has 1 N–H and O–H groups in total. The number of amidine groups is 1. The van der Waals surface area contributed by atoms with Gasteiger partial charge in [-0.3, -0.25) is 5.41 Å². The van der Waals surface area contributed by atoms with Crippen LogP contribution >= 0.6 is 0 Å². The van der Waals surface area contributed by atoms with Crippen LogP contribution in [-0.4, -0.2) is 23.3 Å². The summed E-state index contributed by atoms with van der Waals surface area (Å²) in [6, 6.07) is 0.637. The molecule has 1 unspecified atom stereocenters. The summed E-state index contributed by atoms with van der Waals surface area (Å²) in [7, 11) is 0. The Balaban J connectivity index is 1.94. The van der Waals surface area contributed by atoms with Gasteiger partial charge in [-0.05, 0) is 32.1 Å². The zero-order valence-corrected chi connectivity index (χ0v) is 8.55. The van der Waals surface area contributed by atoms with E-state index in [0.717, 1.165) is 24.7 Å². The monoisotopic (exact) mass is 180 g/mol. The summed E-state index contributed by atoms with van der Waals surface area (Å²) < 4.78 is 0. The van der Waals surface area contributed by atoms with Gasteiger partial charge in [0.25, 0.3) is 0 Å². The normalized spacial score (nSPS) is 27.2. The van der Waals surface area contributed by atoms with E-state index in [1.807, 2.05) is 0 Å². The number of nitrogens with zero attached hydrogens (tertiary/aromatic N) is 1. The highest BCUT2D eigenvalue weighted by Gasteiger charge is 2.29. The maximum Gasteiger partial charge on any atom is 0.0960 e. The number of rotatable bonds is 2. The van der Waals surface area contributed by atoms with Crippen molar-refractivity contribution >= 4 is 5.84 Å². The molecule has 0 aromatic carbocycles. The molecule has 0 aromatic heterocycles. The van der Waals surface area contributed by atoms with E-state index in [4.69, 9.17) is 5.41 Å². The van der Waals surface area contributed by atoms with Crippen molar-refractivity contribution in [1.29, 1.82) is 5.41 Å². The topological polar surface area (TPSA) is 27.1 Å². The Bertz CT molecular complexity index is 194. The van der Waals surface area contributed by atoms with Crippen LogP contribution in [0.3, 0.4) is 0 Å². The lowest BCUT2D eigenvalue weighted by molar-refractivity contribution is 0.259. The van der Waals surface area contributed by atoms with Crippen molar-refractivity contribution in [2.45, 2.75) is 51.5 Å². The van der Waals surface area contributed by atoms with E-state index < -0.39 is 0 Å². The summed E-state index contributed by atoms with van der Waals surface area (Å²) in [5, 5.41) is 7.83. The van der Waals surface area contributed by atoms with Crippen molar-refractivity contribution < 1.29 is 0 Å². The molecule has 2 aliphatic rings. The number of nitrogens with one attached hydrogen (secondary N) is 1. The molecule has 74 valence electrons. The van der Waals surface area contributed by atoms with E-state index in [0.29, 0.717) is 6.04 Å². The molecule has 0 spiro atoms. The Morgan fingerprint density at radius 1 is 1.31 bits per heavy atom. The number of hydrogen-bond donors (Lipinski definition) is 1. The van der Waals surface area contributed by atoms with E-state index >= 15 is 0 Å². The Morgan fingerprint density at radius 3 is 2.54 bits per heavy atom. The first-order valence-corrected chi connectivity index (χ1v) is 5.63. The van der Waals surface area contributed by atoms with E-state index in [9.17, 15) is 0 Å². The molecule has 1 atom stereocenters. The summed E-state index contributed by atoms with van der Waals surface area (Å²) in [5.41, 5.74) is 0. The fourth-order valence-corrected chi connectivity index (χ4v) is 2.84. The SMILES string of the molecule is CC(C1CCCC1)N1CCCC1=N. The summed E-state index contributed by atoms with van der Waals surface area (Å²) >= 11 is 0. The molecule has 2 nitrogen and oxygen atoms in total. The van der Waals surface area contributed by atoms with Crippen LogP contribution in [-0.2, 0) is 0 Å². The highest BCUT2D eigenvalue weighted by molar-refractivity contribution is 5.81. The lowest BCUT2D eigenvalue weighted by Gasteiger charge is -2.30. The lowest BCUT2D eigenvalue weighted by Crippen LogP contribution is -2.38. The molecule has 1 heterocycles. The molecule has 0 aromatic rings. The minimum absolute atomic E-state index is 0.637. The molecule has 0 bridgehead atoms. The largest absolute Gasteiger partial charge is 0.358 e. The minimum atomic E-state index is 0.637. The highest BCUT2D eigenvalue weighted by Crippen LogP contribution is 2.31. The van der Waals surface area contributed by atoms with Gasteiger partial charge in [0, 0.05) is 19.0 Å². The van der Waals surface area contributed by atoms with Crippen LogP contribution in [0.1, 0.15) is 45.4 Å². The molecule has 2 heteroatoms. The molecule has 2 rings (SSSR count). The third-order valence-electron chi connectivity index (χ3n) is 3.73. The Hall–Kier alpha value is -0.530. The van der Waals surface area contributed by atoms with E-state index in [1.54, 1.807) is 0 Å². The van der Waals surface area contributed by atoms with E-state index in [-0.39, 0.29) is 0 Å². The zero-order chi connectivity index (χ0) is 9.26. The van der Waals surface area contributed by atoms with Crippen LogP contribution < -0.4 is 0 Å². The maximum absolute atomic E-state index is 7.83. The van der Waals surface area contributed by atoms with Crippen molar-refractivity contribution in [1.82, 2.24) is 4.90 Å². The lowest BCUT2D eigenvalue weighted by atomic mass is 9.98. The third kappa shape index (κ3) is 1.72. The van der Waals surface area contributed by atoms with Crippen molar-refractivity contribution in [2.24, 2.45) is 5.92 Å². The minimum Gasteiger partial charge on any atom is -0.358 e. The van der Waals surface area contributed by atoms with Gasteiger partial charge in [-0.1, -0.05) is 12.8 Å². The molecule has 1 aliphatic carbocycles. The summed E-state index contributed by atoms with van der Waals surface area (Å²) in [5.74, 6) is 1.76. The smallest absolute Gasteiger partial charge is 0.0960 e. The van der Waals surface area contributed by atoms with Crippen LogP contribution in [0.2, 0.25) is 0 Å². The van der Waals surface area contributed by atoms with Crippen molar-refractivity contribution in [3.05, 3.63) is 0 Å². The standard InChI is InChI=1S/C11H20N2/c1-9(10-5-2-3-6-10)13-8-4-7-11(13)12/h9-10,12H,2-8H2,1H3. The fourth-order valence-electron chi connectivity index (χ4n) is 2.84. The second-order valence-electron chi connectivity index (χ2n) is 4.53. The van der Waals surface area contributed by atoms with E-state index in [1.165, 1.54) is 32.1 Å². The highest BCUT2D eigenvalue weighted by atomic mass is 15.2. The van der Waals surface area contributed by atoms with Gasteiger partial charge in [0.2, 0.25) is 0 Å². The molecular weight excluding hydrogens is 160 g/mol. The predicted octanol–water partition coefficient (Wildman–Crippen LogP) is 2.64. The molecule has 1 aliphatic heterocycles. The van der Waals surface area contributed by atoms with Gasteiger partial charge < -0.3 is 4.90 Å². The van der Waals surface area contributed by atoms with Gasteiger partial charge in [-0.25, -0.2) is 0 Å².